The zero-order valence-electron chi connectivity index (χ0n) is 13.5. The number of amides is 2. The Morgan fingerprint density at radius 3 is 2.56 bits per heavy atom. The third-order valence-electron chi connectivity index (χ3n) is 4.70. The van der Waals surface area contributed by atoms with Crippen LogP contribution >= 0.6 is 11.6 Å². The fourth-order valence-electron chi connectivity index (χ4n) is 3.53. The molecule has 1 saturated carbocycles. The molecule has 2 N–H and O–H groups in total. The number of esters is 1. The standard InChI is InChI=1S/C15H14ClF3N2O5S/c16-9-5-1-2-7-11(9)27(24,25)21-13(23)20-14(15(17,18)19)8-4-3-6-10(8)26-12(14)22/h1-2,5,7-8,10H,3-4,6H2,(H2,20,21,23)/t8-,10-,14-/m0/s1. The predicted octanol–water partition coefficient (Wildman–Crippen LogP) is 2.35. The van der Waals surface area contributed by atoms with E-state index in [1.807, 2.05) is 0 Å². The lowest BCUT2D eigenvalue weighted by atomic mass is 9.83. The maximum Gasteiger partial charge on any atom is 0.422 e. The third-order valence-corrected chi connectivity index (χ3v) is 6.53. The van der Waals surface area contributed by atoms with Crippen LogP contribution in [0, 0.1) is 5.92 Å². The molecule has 1 aliphatic carbocycles. The number of hydrogen-bond donors (Lipinski definition) is 2. The van der Waals surface area contributed by atoms with Crippen molar-refractivity contribution in [2.45, 2.75) is 42.0 Å². The second-order valence-electron chi connectivity index (χ2n) is 6.28. The summed E-state index contributed by atoms with van der Waals surface area (Å²) in [4.78, 5) is 23.7. The minimum Gasteiger partial charge on any atom is -0.460 e. The molecule has 1 saturated heterocycles. The van der Waals surface area contributed by atoms with Crippen molar-refractivity contribution in [1.29, 1.82) is 0 Å². The third kappa shape index (κ3) is 3.22. The predicted molar refractivity (Wildman–Crippen MR) is 86.3 cm³/mol. The Hall–Kier alpha value is -2.01. The Labute approximate surface area is 157 Å². The summed E-state index contributed by atoms with van der Waals surface area (Å²) in [6.45, 7) is 0. The number of benzene rings is 1. The number of sulfonamides is 1. The van der Waals surface area contributed by atoms with E-state index in [4.69, 9.17) is 16.3 Å². The second-order valence-corrected chi connectivity index (χ2v) is 8.33. The van der Waals surface area contributed by atoms with Crippen LogP contribution in [-0.2, 0) is 19.6 Å². The highest BCUT2D eigenvalue weighted by Gasteiger charge is 2.73. The van der Waals surface area contributed by atoms with Crippen LogP contribution in [-0.4, -0.2) is 38.2 Å². The first-order valence-electron chi connectivity index (χ1n) is 7.86. The summed E-state index contributed by atoms with van der Waals surface area (Å²) < 4.78 is 72.1. The minimum absolute atomic E-state index is 0.00740. The highest BCUT2D eigenvalue weighted by molar-refractivity contribution is 7.90. The topological polar surface area (TPSA) is 102 Å². The molecule has 0 spiro atoms. The van der Waals surface area contributed by atoms with Crippen LogP contribution in [0.15, 0.2) is 29.2 Å². The van der Waals surface area contributed by atoms with Crippen LogP contribution in [0.3, 0.4) is 0 Å². The van der Waals surface area contributed by atoms with Gasteiger partial charge in [-0.15, -0.1) is 0 Å². The molecule has 1 aliphatic heterocycles. The number of carbonyl (C=O) groups is 2. The first-order chi connectivity index (χ1) is 12.5. The molecular formula is C15H14ClF3N2O5S. The van der Waals surface area contributed by atoms with Gasteiger partial charge in [-0.3, -0.25) is 0 Å². The van der Waals surface area contributed by atoms with Crippen LogP contribution < -0.4 is 10.0 Å². The molecule has 7 nitrogen and oxygen atoms in total. The summed E-state index contributed by atoms with van der Waals surface area (Å²) in [6, 6.07) is 3.38. The number of urea groups is 1. The van der Waals surface area contributed by atoms with E-state index in [2.05, 4.69) is 0 Å². The maximum absolute atomic E-state index is 13.8. The highest BCUT2D eigenvalue weighted by Crippen LogP contribution is 2.50. The van der Waals surface area contributed by atoms with Gasteiger partial charge in [-0.2, -0.15) is 13.2 Å². The molecule has 0 radical (unpaired) electrons. The van der Waals surface area contributed by atoms with E-state index in [-0.39, 0.29) is 17.9 Å². The Kier molecular flexibility index (Phi) is 4.79. The number of halogens is 4. The van der Waals surface area contributed by atoms with Crippen molar-refractivity contribution in [2.24, 2.45) is 5.92 Å². The van der Waals surface area contributed by atoms with E-state index in [0.29, 0.717) is 6.42 Å². The summed E-state index contributed by atoms with van der Waals surface area (Å²) in [6.07, 6.45) is -5.50. The van der Waals surface area contributed by atoms with Crippen molar-refractivity contribution >= 4 is 33.6 Å². The van der Waals surface area contributed by atoms with Crippen molar-refractivity contribution in [3.8, 4) is 0 Å². The molecule has 0 bridgehead atoms. The monoisotopic (exact) mass is 426 g/mol. The molecule has 2 amide bonds. The quantitative estimate of drug-likeness (QED) is 0.722. The fraction of sp³-hybridized carbons (Fsp3) is 0.467. The first kappa shape index (κ1) is 19.7. The van der Waals surface area contributed by atoms with Gasteiger partial charge in [0.2, 0.25) is 5.54 Å². The van der Waals surface area contributed by atoms with E-state index in [1.54, 1.807) is 0 Å². The summed E-state index contributed by atoms with van der Waals surface area (Å²) >= 11 is 5.75. The molecule has 148 valence electrons. The van der Waals surface area contributed by atoms with Crippen molar-refractivity contribution in [3.05, 3.63) is 29.3 Å². The van der Waals surface area contributed by atoms with Gasteiger partial charge in [-0.25, -0.2) is 22.7 Å². The highest BCUT2D eigenvalue weighted by atomic mass is 35.5. The number of rotatable bonds is 3. The Bertz CT molecular complexity index is 892. The minimum atomic E-state index is -5.17. The van der Waals surface area contributed by atoms with Crippen LogP contribution in [0.25, 0.3) is 0 Å². The Balaban J connectivity index is 1.89. The van der Waals surface area contributed by atoms with Crippen LogP contribution in [0.4, 0.5) is 18.0 Å². The lowest BCUT2D eigenvalue weighted by Crippen LogP contribution is -2.67. The van der Waals surface area contributed by atoms with Gasteiger partial charge in [0, 0.05) is 5.92 Å². The van der Waals surface area contributed by atoms with Gasteiger partial charge in [0.25, 0.3) is 10.0 Å². The molecule has 1 heterocycles. The summed E-state index contributed by atoms with van der Waals surface area (Å²) in [5, 5.41) is 1.30. The molecule has 27 heavy (non-hydrogen) atoms. The Morgan fingerprint density at radius 2 is 1.93 bits per heavy atom. The van der Waals surface area contributed by atoms with Crippen molar-refractivity contribution in [1.82, 2.24) is 10.0 Å². The lowest BCUT2D eigenvalue weighted by molar-refractivity contribution is -0.206. The zero-order chi connectivity index (χ0) is 20.0. The lowest BCUT2D eigenvalue weighted by Gasteiger charge is -2.33. The van der Waals surface area contributed by atoms with E-state index >= 15 is 0 Å². The molecular weight excluding hydrogens is 413 g/mol. The van der Waals surface area contributed by atoms with Crippen LogP contribution in [0.1, 0.15) is 19.3 Å². The number of ether oxygens (including phenoxy) is 1. The summed E-state index contributed by atoms with van der Waals surface area (Å²) in [5.74, 6) is -2.96. The van der Waals surface area contributed by atoms with Crippen molar-refractivity contribution in [3.63, 3.8) is 0 Å². The molecule has 0 aromatic heterocycles. The fourth-order valence-corrected chi connectivity index (χ4v) is 4.96. The maximum atomic E-state index is 13.8. The van der Waals surface area contributed by atoms with Crippen molar-refractivity contribution < 1.29 is 35.9 Å². The Morgan fingerprint density at radius 1 is 1.26 bits per heavy atom. The zero-order valence-corrected chi connectivity index (χ0v) is 15.1. The SMILES string of the molecule is O=C(N[C@]1(C(F)(F)F)C(=O)O[C@H]2CCC[C@@H]21)NS(=O)(=O)c1ccccc1Cl. The molecule has 2 aliphatic rings. The van der Waals surface area contributed by atoms with Crippen LogP contribution in [0.5, 0.6) is 0 Å². The molecule has 3 atom stereocenters. The van der Waals surface area contributed by atoms with E-state index in [1.165, 1.54) is 28.2 Å². The van der Waals surface area contributed by atoms with Gasteiger partial charge < -0.3 is 10.1 Å². The molecule has 3 rings (SSSR count). The first-order valence-corrected chi connectivity index (χ1v) is 9.72. The van der Waals surface area contributed by atoms with Gasteiger partial charge in [-0.1, -0.05) is 23.7 Å². The van der Waals surface area contributed by atoms with Gasteiger partial charge in [0.1, 0.15) is 11.0 Å². The average Bonchev–Trinajstić information content (AvgIpc) is 3.08. The largest absolute Gasteiger partial charge is 0.460 e. The average molecular weight is 427 g/mol. The second kappa shape index (κ2) is 6.55. The van der Waals surface area contributed by atoms with E-state index in [9.17, 15) is 31.2 Å². The van der Waals surface area contributed by atoms with Gasteiger partial charge in [-0.05, 0) is 31.4 Å². The van der Waals surface area contributed by atoms with Gasteiger partial charge >= 0.3 is 18.2 Å². The number of alkyl halides is 3. The van der Waals surface area contributed by atoms with Crippen molar-refractivity contribution in [2.75, 3.05) is 0 Å². The summed E-state index contributed by atoms with van der Waals surface area (Å²) in [5.41, 5.74) is -3.30. The molecule has 1 aromatic rings. The number of carbonyl (C=O) groups excluding carboxylic acids is 2. The summed E-state index contributed by atoms with van der Waals surface area (Å²) in [7, 11) is -4.56. The number of hydrogen-bond acceptors (Lipinski definition) is 5. The van der Waals surface area contributed by atoms with E-state index < -0.39 is 50.7 Å². The van der Waals surface area contributed by atoms with E-state index in [0.717, 1.165) is 6.07 Å². The molecule has 1 aromatic carbocycles. The molecule has 12 heteroatoms. The number of nitrogens with one attached hydrogen (secondary N) is 2. The van der Waals surface area contributed by atoms with Crippen LogP contribution in [0.2, 0.25) is 5.02 Å². The number of fused-ring (bicyclic) bond motifs is 1. The molecule has 2 fully saturated rings. The van der Waals surface area contributed by atoms with Gasteiger partial charge in [0.05, 0.1) is 5.02 Å². The smallest absolute Gasteiger partial charge is 0.422 e. The van der Waals surface area contributed by atoms with Gasteiger partial charge in [0.15, 0.2) is 0 Å². The normalized spacial score (nSPS) is 27.8. The molecule has 0 unspecified atom stereocenters.